The Morgan fingerprint density at radius 1 is 1.23 bits per heavy atom. The molecule has 2 aromatic rings. The van der Waals surface area contributed by atoms with E-state index in [0.29, 0.717) is 11.9 Å². The Morgan fingerprint density at radius 2 is 1.96 bits per heavy atom. The molecule has 0 amide bonds. The maximum absolute atomic E-state index is 13.6. The second kappa shape index (κ2) is 7.44. The molecule has 2 unspecified atom stereocenters. The summed E-state index contributed by atoms with van der Waals surface area (Å²) in [5.74, 6) is -0.597. The molecule has 1 aromatic heterocycles. The lowest BCUT2D eigenvalue weighted by Gasteiger charge is -2.27. The van der Waals surface area contributed by atoms with Crippen LogP contribution in [0.25, 0.3) is 10.1 Å². The predicted molar refractivity (Wildman–Crippen MR) is 104 cm³/mol. The van der Waals surface area contributed by atoms with Crippen molar-refractivity contribution in [1.82, 2.24) is 9.62 Å². The molecule has 0 aliphatic carbocycles. The molecular formula is C17H21ClN2O4S2. The standard InChI is InChI=1S/C17H20N2O4S2.ClH/c1-23-17(20)15-16(13-4-2-3-5-14(13)24-15)25(21,22)19-11-6-7-12(19)10-18-9-8-11;/h2-5,11-12,18H,6-10H2,1H3;1H. The Kier molecular flexibility index (Phi) is 5.60. The van der Waals surface area contributed by atoms with E-state index in [0.717, 1.165) is 30.5 Å². The number of carbonyl (C=O) groups excluding carboxylic acids is 1. The summed E-state index contributed by atoms with van der Waals surface area (Å²) in [5, 5.41) is 3.92. The maximum Gasteiger partial charge on any atom is 0.349 e. The quantitative estimate of drug-likeness (QED) is 0.778. The topological polar surface area (TPSA) is 75.7 Å². The van der Waals surface area contributed by atoms with Crippen molar-refractivity contribution >= 4 is 49.8 Å². The highest BCUT2D eigenvalue weighted by Gasteiger charge is 2.45. The molecule has 0 radical (unpaired) electrons. The van der Waals surface area contributed by atoms with Crippen LogP contribution < -0.4 is 5.32 Å². The van der Waals surface area contributed by atoms with Gasteiger partial charge in [0.25, 0.3) is 0 Å². The summed E-state index contributed by atoms with van der Waals surface area (Å²) in [7, 11) is -2.51. The molecule has 2 bridgehead atoms. The van der Waals surface area contributed by atoms with E-state index in [2.05, 4.69) is 5.32 Å². The van der Waals surface area contributed by atoms with E-state index in [1.165, 1.54) is 18.4 Å². The first-order valence-corrected chi connectivity index (χ1v) is 10.6. The van der Waals surface area contributed by atoms with Crippen LogP contribution in [0.4, 0.5) is 0 Å². The molecule has 2 aliphatic rings. The number of carbonyl (C=O) groups is 1. The van der Waals surface area contributed by atoms with Crippen molar-refractivity contribution in [3.05, 3.63) is 29.1 Å². The van der Waals surface area contributed by atoms with Crippen molar-refractivity contribution in [3.63, 3.8) is 0 Å². The molecule has 3 heterocycles. The van der Waals surface area contributed by atoms with Gasteiger partial charge in [0.05, 0.1) is 7.11 Å². The number of sulfonamides is 1. The maximum atomic E-state index is 13.6. The van der Waals surface area contributed by atoms with Crippen LogP contribution in [0.3, 0.4) is 0 Å². The number of rotatable bonds is 3. The van der Waals surface area contributed by atoms with Crippen LogP contribution in [-0.2, 0) is 14.8 Å². The van der Waals surface area contributed by atoms with Crippen molar-refractivity contribution in [1.29, 1.82) is 0 Å². The largest absolute Gasteiger partial charge is 0.465 e. The van der Waals surface area contributed by atoms with Crippen LogP contribution in [0.2, 0.25) is 0 Å². The summed E-state index contributed by atoms with van der Waals surface area (Å²) in [6.07, 6.45) is 2.53. The van der Waals surface area contributed by atoms with E-state index in [4.69, 9.17) is 4.74 Å². The highest BCUT2D eigenvalue weighted by molar-refractivity contribution is 7.89. The molecule has 2 atom stereocenters. The normalized spacial score (nSPS) is 23.4. The predicted octanol–water partition coefficient (Wildman–Crippen LogP) is 2.62. The van der Waals surface area contributed by atoms with Crippen molar-refractivity contribution in [2.75, 3.05) is 20.2 Å². The van der Waals surface area contributed by atoms with Crippen LogP contribution in [0.15, 0.2) is 29.2 Å². The van der Waals surface area contributed by atoms with E-state index in [-0.39, 0.29) is 34.3 Å². The third-order valence-corrected chi connectivity index (χ3v) is 8.41. The van der Waals surface area contributed by atoms with E-state index >= 15 is 0 Å². The van der Waals surface area contributed by atoms with Crippen molar-refractivity contribution in [3.8, 4) is 0 Å². The molecule has 4 rings (SSSR count). The van der Waals surface area contributed by atoms with Crippen LogP contribution in [0.1, 0.15) is 28.9 Å². The van der Waals surface area contributed by atoms with Gasteiger partial charge in [0.2, 0.25) is 10.0 Å². The first-order chi connectivity index (χ1) is 12.0. The van der Waals surface area contributed by atoms with Crippen molar-refractivity contribution in [2.24, 2.45) is 0 Å². The molecular weight excluding hydrogens is 396 g/mol. The Bertz CT molecular complexity index is 914. The molecule has 1 aromatic carbocycles. The van der Waals surface area contributed by atoms with Crippen LogP contribution in [-0.4, -0.2) is 51.0 Å². The molecule has 0 spiro atoms. The van der Waals surface area contributed by atoms with Gasteiger partial charge in [0.1, 0.15) is 9.77 Å². The molecule has 6 nitrogen and oxygen atoms in total. The van der Waals surface area contributed by atoms with Crippen LogP contribution in [0, 0.1) is 0 Å². The second-order valence-corrected chi connectivity index (χ2v) is 9.29. The van der Waals surface area contributed by atoms with Crippen molar-refractivity contribution < 1.29 is 17.9 Å². The van der Waals surface area contributed by atoms with E-state index in [1.807, 2.05) is 12.1 Å². The Balaban J connectivity index is 0.00000196. The number of fused-ring (bicyclic) bond motifs is 3. The molecule has 9 heteroatoms. The molecule has 0 saturated carbocycles. The number of nitrogens with zero attached hydrogens (tertiary/aromatic N) is 1. The van der Waals surface area contributed by atoms with Gasteiger partial charge in [-0.25, -0.2) is 13.2 Å². The fourth-order valence-corrected chi connectivity index (χ4v) is 7.62. The van der Waals surface area contributed by atoms with Gasteiger partial charge in [-0.1, -0.05) is 18.2 Å². The van der Waals surface area contributed by atoms with Gasteiger partial charge in [-0.15, -0.1) is 23.7 Å². The molecule has 1 N–H and O–H groups in total. The van der Waals surface area contributed by atoms with Gasteiger partial charge in [-0.05, 0) is 31.9 Å². The zero-order chi connectivity index (χ0) is 17.6. The fraction of sp³-hybridized carbons (Fsp3) is 0.471. The summed E-state index contributed by atoms with van der Waals surface area (Å²) < 4.78 is 34.5. The highest BCUT2D eigenvalue weighted by atomic mass is 35.5. The fourth-order valence-electron chi connectivity index (χ4n) is 3.94. The Morgan fingerprint density at radius 3 is 2.73 bits per heavy atom. The van der Waals surface area contributed by atoms with Gasteiger partial charge in [-0.2, -0.15) is 4.31 Å². The molecule has 142 valence electrons. The SMILES string of the molecule is COC(=O)c1sc2ccccc2c1S(=O)(=O)N1C2CCNCC1CC2.Cl. The average Bonchev–Trinajstić information content (AvgIpc) is 3.11. The number of hydrogen-bond acceptors (Lipinski definition) is 6. The number of halogens is 1. The van der Waals surface area contributed by atoms with E-state index in [1.54, 1.807) is 16.4 Å². The lowest BCUT2D eigenvalue weighted by Crippen LogP contribution is -2.42. The zero-order valence-corrected chi connectivity index (χ0v) is 16.8. The van der Waals surface area contributed by atoms with Crippen LogP contribution >= 0.6 is 23.7 Å². The summed E-state index contributed by atoms with van der Waals surface area (Å²) in [6.45, 7) is 1.48. The third-order valence-electron chi connectivity index (χ3n) is 5.04. The monoisotopic (exact) mass is 416 g/mol. The van der Waals surface area contributed by atoms with Crippen LogP contribution in [0.5, 0.6) is 0 Å². The lowest BCUT2D eigenvalue weighted by atomic mass is 10.1. The molecule has 2 saturated heterocycles. The van der Waals surface area contributed by atoms with Gasteiger partial charge in [-0.3, -0.25) is 0 Å². The van der Waals surface area contributed by atoms with Gasteiger partial charge in [0.15, 0.2) is 0 Å². The minimum atomic E-state index is -3.79. The van der Waals surface area contributed by atoms with Crippen molar-refractivity contribution in [2.45, 2.75) is 36.2 Å². The lowest BCUT2D eigenvalue weighted by molar-refractivity contribution is 0.0602. The number of benzene rings is 1. The Labute approximate surface area is 163 Å². The van der Waals surface area contributed by atoms with E-state index < -0.39 is 16.0 Å². The first-order valence-electron chi connectivity index (χ1n) is 8.38. The minimum Gasteiger partial charge on any atom is -0.465 e. The number of ether oxygens (including phenoxy) is 1. The Hall–Kier alpha value is -1.19. The summed E-state index contributed by atoms with van der Waals surface area (Å²) in [6, 6.07) is 7.19. The highest BCUT2D eigenvalue weighted by Crippen LogP contribution is 2.41. The van der Waals surface area contributed by atoms with Gasteiger partial charge in [0, 0.05) is 28.7 Å². The second-order valence-electron chi connectivity index (χ2n) is 6.46. The number of thiophene rings is 1. The smallest absolute Gasteiger partial charge is 0.349 e. The third kappa shape index (κ3) is 3.03. The number of methoxy groups -OCH3 is 1. The van der Waals surface area contributed by atoms with Gasteiger partial charge >= 0.3 is 5.97 Å². The molecule has 26 heavy (non-hydrogen) atoms. The molecule has 2 fully saturated rings. The molecule has 2 aliphatic heterocycles. The summed E-state index contributed by atoms with van der Waals surface area (Å²) in [4.78, 5) is 12.5. The number of esters is 1. The number of nitrogens with one attached hydrogen (secondary N) is 1. The van der Waals surface area contributed by atoms with Gasteiger partial charge < -0.3 is 10.1 Å². The summed E-state index contributed by atoms with van der Waals surface area (Å²) in [5.41, 5.74) is 0. The number of hydrogen-bond donors (Lipinski definition) is 1. The zero-order valence-electron chi connectivity index (χ0n) is 14.3. The average molecular weight is 417 g/mol. The van der Waals surface area contributed by atoms with E-state index in [9.17, 15) is 13.2 Å². The summed E-state index contributed by atoms with van der Waals surface area (Å²) >= 11 is 1.18. The first kappa shape index (κ1) is 19.6. The minimum absolute atomic E-state index is 0.